The van der Waals surface area contributed by atoms with Gasteiger partial charge in [-0.15, -0.1) is 0 Å². The highest BCUT2D eigenvalue weighted by atomic mass is 16.5. The molecule has 1 N–H and O–H groups in total. The molecule has 0 saturated carbocycles. The first-order valence-electron chi connectivity index (χ1n) is 10.4. The maximum atomic E-state index is 13.2. The highest BCUT2D eigenvalue weighted by molar-refractivity contribution is 6.20. The monoisotopic (exact) mass is 433 g/mol. The molecular weight excluding hydrogens is 410 g/mol. The molecule has 2 aromatic carbocycles. The van der Waals surface area contributed by atoms with Crippen LogP contribution in [0.5, 0.6) is 11.5 Å². The average molecular weight is 433 g/mol. The van der Waals surface area contributed by atoms with Crippen molar-refractivity contribution >= 4 is 17.4 Å². The summed E-state index contributed by atoms with van der Waals surface area (Å²) in [5, 5.41) is 10.8. The maximum absolute atomic E-state index is 13.2. The van der Waals surface area contributed by atoms with Gasteiger partial charge >= 0.3 is 0 Å². The molecule has 4 rings (SSSR count). The lowest BCUT2D eigenvalue weighted by atomic mass is 9.94. The molecule has 7 heteroatoms. The smallest absolute Gasteiger partial charge is 0.294 e. The minimum Gasteiger partial charge on any atom is -0.503 e. The third kappa shape index (κ3) is 3.85. The molecule has 1 aliphatic rings. The molecule has 0 fully saturated rings. The summed E-state index contributed by atoms with van der Waals surface area (Å²) in [6.07, 6.45) is 1.37. The summed E-state index contributed by atoms with van der Waals surface area (Å²) >= 11 is 0. The summed E-state index contributed by atoms with van der Waals surface area (Å²) in [5.41, 5.74) is 1.09. The number of ether oxygens (including phenoxy) is 2. The van der Waals surface area contributed by atoms with E-state index in [1.807, 2.05) is 13.8 Å². The first kappa shape index (κ1) is 21.2. The van der Waals surface area contributed by atoms with Gasteiger partial charge in [-0.1, -0.05) is 12.1 Å². The number of rotatable bonds is 8. The summed E-state index contributed by atoms with van der Waals surface area (Å²) in [5.74, 6) is -0.537. The quantitative estimate of drug-likeness (QED) is 0.511. The van der Waals surface area contributed by atoms with Gasteiger partial charge in [0.25, 0.3) is 5.91 Å². The Hall–Kier alpha value is -4.00. The van der Waals surface area contributed by atoms with Gasteiger partial charge in [-0.05, 0) is 67.9 Å². The van der Waals surface area contributed by atoms with E-state index >= 15 is 0 Å². The molecule has 0 spiro atoms. The number of amides is 1. The Morgan fingerprint density at radius 1 is 1.00 bits per heavy atom. The Morgan fingerprint density at radius 3 is 2.38 bits per heavy atom. The van der Waals surface area contributed by atoms with Crippen molar-refractivity contribution in [3.8, 4) is 11.5 Å². The Morgan fingerprint density at radius 2 is 1.72 bits per heavy atom. The van der Waals surface area contributed by atoms with Crippen molar-refractivity contribution < 1.29 is 28.6 Å². The third-order valence-electron chi connectivity index (χ3n) is 5.11. The van der Waals surface area contributed by atoms with Crippen molar-refractivity contribution in [2.75, 3.05) is 18.1 Å². The third-order valence-corrected chi connectivity index (χ3v) is 5.11. The van der Waals surface area contributed by atoms with E-state index in [1.54, 1.807) is 54.6 Å². The largest absolute Gasteiger partial charge is 0.503 e. The molecular formula is C25H23NO6. The van der Waals surface area contributed by atoms with Crippen LogP contribution in [0.25, 0.3) is 0 Å². The summed E-state index contributed by atoms with van der Waals surface area (Å²) in [7, 11) is 0. The van der Waals surface area contributed by atoms with Crippen LogP contribution in [0.2, 0.25) is 0 Å². The van der Waals surface area contributed by atoms with Crippen molar-refractivity contribution in [2.45, 2.75) is 19.9 Å². The lowest BCUT2D eigenvalue weighted by molar-refractivity contribution is -0.117. The number of aliphatic hydroxyl groups is 1. The summed E-state index contributed by atoms with van der Waals surface area (Å²) in [4.78, 5) is 27.8. The van der Waals surface area contributed by atoms with Gasteiger partial charge in [0.2, 0.25) is 5.78 Å². The highest BCUT2D eigenvalue weighted by Gasteiger charge is 2.45. The van der Waals surface area contributed by atoms with Crippen LogP contribution in [-0.4, -0.2) is 30.0 Å². The van der Waals surface area contributed by atoms with E-state index < -0.39 is 23.5 Å². The molecule has 0 radical (unpaired) electrons. The van der Waals surface area contributed by atoms with E-state index in [-0.39, 0.29) is 11.3 Å². The molecule has 7 nitrogen and oxygen atoms in total. The fourth-order valence-corrected chi connectivity index (χ4v) is 3.77. The zero-order chi connectivity index (χ0) is 22.7. The van der Waals surface area contributed by atoms with Crippen LogP contribution in [-0.2, 0) is 4.79 Å². The molecule has 1 unspecified atom stereocenters. The van der Waals surface area contributed by atoms with Crippen molar-refractivity contribution in [1.82, 2.24) is 0 Å². The van der Waals surface area contributed by atoms with Crippen LogP contribution in [0.4, 0.5) is 5.69 Å². The highest BCUT2D eigenvalue weighted by Crippen LogP contribution is 2.43. The molecule has 0 saturated heterocycles. The molecule has 1 aromatic heterocycles. The second-order valence-electron chi connectivity index (χ2n) is 7.08. The van der Waals surface area contributed by atoms with Crippen LogP contribution >= 0.6 is 0 Å². The molecule has 1 aliphatic heterocycles. The van der Waals surface area contributed by atoms with Gasteiger partial charge in [0.15, 0.2) is 11.5 Å². The molecule has 2 heterocycles. The topological polar surface area (TPSA) is 89.2 Å². The van der Waals surface area contributed by atoms with E-state index in [1.165, 1.54) is 17.2 Å². The van der Waals surface area contributed by atoms with Gasteiger partial charge in [0.1, 0.15) is 11.5 Å². The maximum Gasteiger partial charge on any atom is 0.294 e. The Labute approximate surface area is 185 Å². The number of benzene rings is 2. The van der Waals surface area contributed by atoms with E-state index in [9.17, 15) is 14.7 Å². The van der Waals surface area contributed by atoms with Gasteiger partial charge < -0.3 is 19.0 Å². The predicted molar refractivity (Wildman–Crippen MR) is 118 cm³/mol. The molecule has 1 amide bonds. The number of carbonyl (C=O) groups excluding carboxylic acids is 2. The van der Waals surface area contributed by atoms with Crippen molar-refractivity contribution in [2.24, 2.45) is 0 Å². The van der Waals surface area contributed by atoms with Gasteiger partial charge in [-0.25, -0.2) is 0 Å². The van der Waals surface area contributed by atoms with Gasteiger partial charge in [0.05, 0.1) is 31.1 Å². The first-order chi connectivity index (χ1) is 15.5. The predicted octanol–water partition coefficient (Wildman–Crippen LogP) is 4.86. The van der Waals surface area contributed by atoms with Gasteiger partial charge in [0, 0.05) is 5.69 Å². The second-order valence-corrected chi connectivity index (χ2v) is 7.08. The fraction of sp³-hybridized carbons (Fsp3) is 0.200. The average Bonchev–Trinajstić information content (AvgIpc) is 3.42. The van der Waals surface area contributed by atoms with Crippen LogP contribution < -0.4 is 14.4 Å². The zero-order valence-electron chi connectivity index (χ0n) is 17.8. The standard InChI is InChI=1S/C25H23NO6/c1-3-30-18-12-10-17(11-13-18)26-22(16-7-5-8-19(15-16)31-4-2)21(24(28)25(26)29)23(27)20-9-6-14-32-20/h5-15,22,28H,3-4H2,1-2H3. The summed E-state index contributed by atoms with van der Waals surface area (Å²) < 4.78 is 16.4. The van der Waals surface area contributed by atoms with Crippen LogP contribution in [0.1, 0.15) is 36.0 Å². The number of furan rings is 1. The lowest BCUT2D eigenvalue weighted by Crippen LogP contribution is -2.31. The number of aliphatic hydroxyl groups excluding tert-OH is 1. The van der Waals surface area contributed by atoms with Crippen molar-refractivity contribution in [1.29, 1.82) is 0 Å². The number of ketones is 1. The SMILES string of the molecule is CCOc1ccc(N2C(=O)C(O)=C(C(=O)c3ccco3)C2c2cccc(OCC)c2)cc1. The van der Waals surface area contributed by atoms with E-state index in [0.29, 0.717) is 36.0 Å². The van der Waals surface area contributed by atoms with Gasteiger partial charge in [-0.2, -0.15) is 0 Å². The number of carbonyl (C=O) groups is 2. The molecule has 1 atom stereocenters. The Balaban J connectivity index is 1.83. The minimum atomic E-state index is -0.863. The van der Waals surface area contributed by atoms with E-state index in [4.69, 9.17) is 13.9 Å². The minimum absolute atomic E-state index is 0.0406. The van der Waals surface area contributed by atoms with E-state index in [2.05, 4.69) is 0 Å². The Bertz CT molecular complexity index is 1150. The number of nitrogens with zero attached hydrogens (tertiary/aromatic N) is 1. The fourth-order valence-electron chi connectivity index (χ4n) is 3.77. The van der Waals surface area contributed by atoms with E-state index in [0.717, 1.165) is 0 Å². The Kier molecular flexibility index (Phi) is 5.98. The zero-order valence-corrected chi connectivity index (χ0v) is 17.8. The second kappa shape index (κ2) is 9.01. The number of hydrogen-bond acceptors (Lipinski definition) is 6. The lowest BCUT2D eigenvalue weighted by Gasteiger charge is -2.27. The molecule has 0 bridgehead atoms. The molecule has 32 heavy (non-hydrogen) atoms. The number of anilines is 1. The summed E-state index contributed by atoms with van der Waals surface area (Å²) in [6, 6.07) is 16.3. The van der Waals surface area contributed by atoms with Crippen LogP contribution in [0.3, 0.4) is 0 Å². The number of hydrogen-bond donors (Lipinski definition) is 1. The molecule has 3 aromatic rings. The normalized spacial score (nSPS) is 15.9. The van der Waals surface area contributed by atoms with Crippen LogP contribution in [0, 0.1) is 0 Å². The molecule has 0 aliphatic carbocycles. The van der Waals surface area contributed by atoms with Crippen molar-refractivity contribution in [3.05, 3.63) is 89.6 Å². The van der Waals surface area contributed by atoms with Gasteiger partial charge in [-0.3, -0.25) is 14.5 Å². The summed E-state index contributed by atoms with van der Waals surface area (Å²) in [6.45, 7) is 4.73. The first-order valence-corrected chi connectivity index (χ1v) is 10.4. The van der Waals surface area contributed by atoms with Crippen molar-refractivity contribution in [3.63, 3.8) is 0 Å². The molecule has 164 valence electrons. The number of Topliss-reactive ketones (excluding diaryl/α,β-unsaturated/α-hetero) is 1. The van der Waals surface area contributed by atoms with Crippen LogP contribution in [0.15, 0.2) is 82.7 Å².